The van der Waals surface area contributed by atoms with Crippen molar-refractivity contribution in [1.82, 2.24) is 9.80 Å². The third-order valence-electron chi connectivity index (χ3n) is 4.96. The van der Waals surface area contributed by atoms with E-state index in [9.17, 15) is 9.59 Å². The van der Waals surface area contributed by atoms with Crippen LogP contribution in [0.25, 0.3) is 0 Å². The fourth-order valence-corrected chi connectivity index (χ4v) is 3.28. The van der Waals surface area contributed by atoms with E-state index >= 15 is 0 Å². The molecule has 0 atom stereocenters. The van der Waals surface area contributed by atoms with E-state index in [1.54, 1.807) is 59.4 Å². The van der Waals surface area contributed by atoms with Gasteiger partial charge in [-0.15, -0.1) is 0 Å². The van der Waals surface area contributed by atoms with Crippen LogP contribution in [0.4, 0.5) is 0 Å². The molecule has 29 heavy (non-hydrogen) atoms. The molecule has 2 aromatic rings. The highest BCUT2D eigenvalue weighted by molar-refractivity contribution is 5.95. The van der Waals surface area contributed by atoms with Gasteiger partial charge in [-0.3, -0.25) is 9.59 Å². The monoisotopic (exact) mass is 398 g/mol. The van der Waals surface area contributed by atoms with Gasteiger partial charge in [0.05, 0.1) is 7.11 Å². The number of benzene rings is 2. The van der Waals surface area contributed by atoms with Crippen molar-refractivity contribution in [2.24, 2.45) is 0 Å². The maximum atomic E-state index is 12.7. The Morgan fingerprint density at radius 2 is 1.55 bits per heavy atom. The predicted molar refractivity (Wildman–Crippen MR) is 104 cm³/mol. The molecular weight excluding hydrogens is 376 g/mol. The van der Waals surface area contributed by atoms with E-state index < -0.39 is 0 Å². The SMILES string of the molecule is COc1ccc(OCC(=O)N2CCN(C(=O)c3ccc4c(c3)OCO4)CC2)cc1. The van der Waals surface area contributed by atoms with Gasteiger partial charge in [-0.1, -0.05) is 0 Å². The molecule has 0 aromatic heterocycles. The lowest BCUT2D eigenvalue weighted by Crippen LogP contribution is -2.51. The molecular formula is C21H22N2O6. The molecule has 0 N–H and O–H groups in total. The van der Waals surface area contributed by atoms with Crippen LogP contribution >= 0.6 is 0 Å². The third-order valence-corrected chi connectivity index (χ3v) is 4.96. The highest BCUT2D eigenvalue weighted by Crippen LogP contribution is 2.32. The van der Waals surface area contributed by atoms with Crippen molar-refractivity contribution in [3.8, 4) is 23.0 Å². The van der Waals surface area contributed by atoms with Gasteiger partial charge in [-0.05, 0) is 42.5 Å². The quantitative estimate of drug-likeness (QED) is 0.764. The van der Waals surface area contributed by atoms with Crippen molar-refractivity contribution in [3.05, 3.63) is 48.0 Å². The van der Waals surface area contributed by atoms with Crippen LogP contribution in [0.1, 0.15) is 10.4 Å². The lowest BCUT2D eigenvalue weighted by atomic mass is 10.1. The van der Waals surface area contributed by atoms with E-state index in [-0.39, 0.29) is 25.2 Å². The number of methoxy groups -OCH3 is 1. The summed E-state index contributed by atoms with van der Waals surface area (Å²) < 4.78 is 21.3. The van der Waals surface area contributed by atoms with Gasteiger partial charge >= 0.3 is 0 Å². The number of ether oxygens (including phenoxy) is 4. The second-order valence-corrected chi connectivity index (χ2v) is 6.71. The molecule has 2 amide bonds. The Bertz CT molecular complexity index is 891. The maximum absolute atomic E-state index is 12.7. The molecule has 1 saturated heterocycles. The first-order chi connectivity index (χ1) is 14.1. The summed E-state index contributed by atoms with van der Waals surface area (Å²) in [6, 6.07) is 12.2. The van der Waals surface area contributed by atoms with Gasteiger partial charge in [0.25, 0.3) is 11.8 Å². The van der Waals surface area contributed by atoms with Crippen molar-refractivity contribution < 1.29 is 28.5 Å². The van der Waals surface area contributed by atoms with Crippen molar-refractivity contribution in [1.29, 1.82) is 0 Å². The number of hydrogen-bond donors (Lipinski definition) is 0. The van der Waals surface area contributed by atoms with Crippen LogP contribution in [-0.2, 0) is 4.79 Å². The standard InChI is InChI=1S/C21H22N2O6/c1-26-16-3-5-17(6-4-16)27-13-20(24)22-8-10-23(11-9-22)21(25)15-2-7-18-19(12-15)29-14-28-18/h2-7,12H,8-11,13-14H2,1H3. The number of nitrogens with zero attached hydrogens (tertiary/aromatic N) is 2. The fourth-order valence-electron chi connectivity index (χ4n) is 3.28. The summed E-state index contributed by atoms with van der Waals surface area (Å²) in [5.41, 5.74) is 0.553. The van der Waals surface area contributed by atoms with Gasteiger partial charge < -0.3 is 28.7 Å². The van der Waals surface area contributed by atoms with E-state index in [0.717, 1.165) is 5.75 Å². The number of carbonyl (C=O) groups excluding carboxylic acids is 2. The second-order valence-electron chi connectivity index (χ2n) is 6.71. The minimum Gasteiger partial charge on any atom is -0.497 e. The van der Waals surface area contributed by atoms with Gasteiger partial charge in [0, 0.05) is 31.7 Å². The van der Waals surface area contributed by atoms with Crippen LogP contribution in [0.2, 0.25) is 0 Å². The Morgan fingerprint density at radius 3 is 2.28 bits per heavy atom. The number of carbonyl (C=O) groups is 2. The number of amides is 2. The topological polar surface area (TPSA) is 77.5 Å². The molecule has 1 fully saturated rings. The summed E-state index contributed by atoms with van der Waals surface area (Å²) in [7, 11) is 1.59. The first kappa shape index (κ1) is 18.9. The second kappa shape index (κ2) is 8.30. The van der Waals surface area contributed by atoms with Gasteiger partial charge in [-0.2, -0.15) is 0 Å². The average molecular weight is 398 g/mol. The molecule has 2 aliphatic rings. The first-order valence-electron chi connectivity index (χ1n) is 9.37. The minimum atomic E-state index is -0.101. The van der Waals surface area contributed by atoms with Gasteiger partial charge in [-0.25, -0.2) is 0 Å². The van der Waals surface area contributed by atoms with E-state index in [4.69, 9.17) is 18.9 Å². The van der Waals surface area contributed by atoms with Crippen LogP contribution in [0.3, 0.4) is 0 Å². The van der Waals surface area contributed by atoms with Gasteiger partial charge in [0.1, 0.15) is 11.5 Å². The zero-order chi connectivity index (χ0) is 20.2. The summed E-state index contributed by atoms with van der Waals surface area (Å²) in [6.07, 6.45) is 0. The van der Waals surface area contributed by atoms with Crippen molar-refractivity contribution in [3.63, 3.8) is 0 Å². The number of piperazine rings is 1. The summed E-state index contributed by atoms with van der Waals surface area (Å²) >= 11 is 0. The lowest BCUT2D eigenvalue weighted by molar-refractivity contribution is -0.134. The molecule has 2 aromatic carbocycles. The first-order valence-corrected chi connectivity index (χ1v) is 9.37. The Morgan fingerprint density at radius 1 is 0.897 bits per heavy atom. The maximum Gasteiger partial charge on any atom is 0.260 e. The molecule has 0 unspecified atom stereocenters. The smallest absolute Gasteiger partial charge is 0.260 e. The zero-order valence-electron chi connectivity index (χ0n) is 16.1. The molecule has 0 radical (unpaired) electrons. The Kier molecular flexibility index (Phi) is 5.41. The average Bonchev–Trinajstić information content (AvgIpc) is 3.25. The normalized spacial score (nSPS) is 15.2. The molecule has 152 valence electrons. The summed E-state index contributed by atoms with van der Waals surface area (Å²) in [5.74, 6) is 2.39. The third kappa shape index (κ3) is 4.21. The Balaban J connectivity index is 1.27. The number of fused-ring (bicyclic) bond motifs is 1. The van der Waals surface area contributed by atoms with Gasteiger partial charge in [0.2, 0.25) is 6.79 Å². The van der Waals surface area contributed by atoms with E-state index in [2.05, 4.69) is 0 Å². The van der Waals surface area contributed by atoms with Crippen molar-refractivity contribution in [2.75, 3.05) is 46.7 Å². The Hall–Kier alpha value is -3.42. The largest absolute Gasteiger partial charge is 0.497 e. The van der Waals surface area contributed by atoms with Crippen molar-refractivity contribution >= 4 is 11.8 Å². The summed E-state index contributed by atoms with van der Waals surface area (Å²) in [4.78, 5) is 28.6. The van der Waals surface area contributed by atoms with E-state index in [0.29, 0.717) is 49.0 Å². The predicted octanol–water partition coefficient (Wildman–Crippen LogP) is 1.79. The van der Waals surface area contributed by atoms with Crippen LogP contribution < -0.4 is 18.9 Å². The van der Waals surface area contributed by atoms with Gasteiger partial charge in [0.15, 0.2) is 18.1 Å². The van der Waals surface area contributed by atoms with Crippen LogP contribution in [0.15, 0.2) is 42.5 Å². The van der Waals surface area contributed by atoms with Crippen molar-refractivity contribution in [2.45, 2.75) is 0 Å². The number of rotatable bonds is 5. The highest BCUT2D eigenvalue weighted by Gasteiger charge is 2.26. The fraction of sp³-hybridized carbons (Fsp3) is 0.333. The lowest BCUT2D eigenvalue weighted by Gasteiger charge is -2.34. The van der Waals surface area contributed by atoms with E-state index in [1.165, 1.54) is 0 Å². The Labute approximate surface area is 168 Å². The zero-order valence-corrected chi connectivity index (χ0v) is 16.1. The molecule has 2 aliphatic heterocycles. The molecule has 0 spiro atoms. The molecule has 2 heterocycles. The molecule has 8 heteroatoms. The summed E-state index contributed by atoms with van der Waals surface area (Å²) in [6.45, 7) is 2.03. The van der Waals surface area contributed by atoms with E-state index in [1.807, 2.05) is 0 Å². The molecule has 0 saturated carbocycles. The minimum absolute atomic E-state index is 0.0392. The van der Waals surface area contributed by atoms with Crippen LogP contribution in [0, 0.1) is 0 Å². The van der Waals surface area contributed by atoms with Crippen LogP contribution in [-0.4, -0.2) is 68.3 Å². The molecule has 0 bridgehead atoms. The molecule has 8 nitrogen and oxygen atoms in total. The molecule has 0 aliphatic carbocycles. The number of hydrogen-bond acceptors (Lipinski definition) is 6. The summed E-state index contributed by atoms with van der Waals surface area (Å²) in [5, 5.41) is 0. The highest BCUT2D eigenvalue weighted by atomic mass is 16.7. The molecule has 4 rings (SSSR count). The van der Waals surface area contributed by atoms with Crippen LogP contribution in [0.5, 0.6) is 23.0 Å².